The lowest BCUT2D eigenvalue weighted by atomic mass is 9.63. The number of hydrazone groups is 1. The van der Waals surface area contributed by atoms with Crippen molar-refractivity contribution < 1.29 is 9.59 Å². The molecule has 2 aromatic rings. The van der Waals surface area contributed by atoms with Gasteiger partial charge in [-0.2, -0.15) is 10.1 Å². The summed E-state index contributed by atoms with van der Waals surface area (Å²) in [5.74, 6) is -0.431. The van der Waals surface area contributed by atoms with Crippen molar-refractivity contribution in [3.8, 4) is 5.69 Å². The number of halogens is 1. The number of fused-ring (bicyclic) bond motifs is 1. The highest BCUT2D eigenvalue weighted by Crippen LogP contribution is 2.49. The molecule has 1 saturated carbocycles. The van der Waals surface area contributed by atoms with E-state index in [1.54, 1.807) is 6.21 Å². The summed E-state index contributed by atoms with van der Waals surface area (Å²) in [6, 6.07) is 7.83. The first-order valence-corrected chi connectivity index (χ1v) is 10.8. The fourth-order valence-corrected chi connectivity index (χ4v) is 5.57. The molecule has 1 aliphatic heterocycles. The van der Waals surface area contributed by atoms with Crippen LogP contribution in [0.4, 0.5) is 0 Å². The van der Waals surface area contributed by atoms with E-state index in [-0.39, 0.29) is 35.5 Å². The van der Waals surface area contributed by atoms with E-state index in [1.807, 2.05) is 45.0 Å². The number of allylic oxidation sites excluding steroid dienone is 2. The Bertz CT molecular complexity index is 1100. The van der Waals surface area contributed by atoms with Gasteiger partial charge in [0.15, 0.2) is 0 Å². The molecule has 154 valence electrons. The third-order valence-corrected chi connectivity index (χ3v) is 7.17. The second-order valence-corrected chi connectivity index (χ2v) is 9.10. The molecule has 1 saturated heterocycles. The predicted molar refractivity (Wildman–Crippen MR) is 117 cm³/mol. The summed E-state index contributed by atoms with van der Waals surface area (Å²) in [7, 11) is 0. The van der Waals surface area contributed by atoms with Crippen molar-refractivity contribution in [1.29, 1.82) is 0 Å². The zero-order chi connectivity index (χ0) is 21.2. The first-order valence-electron chi connectivity index (χ1n) is 10.4. The quantitative estimate of drug-likeness (QED) is 0.413. The van der Waals surface area contributed by atoms with Gasteiger partial charge in [0.05, 0.1) is 18.1 Å². The Labute approximate surface area is 181 Å². The maximum atomic E-state index is 13.0. The molecule has 30 heavy (non-hydrogen) atoms. The van der Waals surface area contributed by atoms with Gasteiger partial charge in [-0.05, 0) is 69.2 Å². The van der Waals surface area contributed by atoms with Crippen molar-refractivity contribution in [2.75, 3.05) is 0 Å². The Balaban J connectivity index is 1.47. The zero-order valence-electron chi connectivity index (χ0n) is 17.3. The Kier molecular flexibility index (Phi) is 4.47. The van der Waals surface area contributed by atoms with Crippen LogP contribution in [0.5, 0.6) is 0 Å². The van der Waals surface area contributed by atoms with E-state index in [2.05, 4.69) is 21.8 Å². The molecule has 4 aliphatic rings. The van der Waals surface area contributed by atoms with Crippen LogP contribution in [-0.2, 0) is 9.59 Å². The molecule has 0 unspecified atom stereocenters. The summed E-state index contributed by atoms with van der Waals surface area (Å²) < 4.78 is 2.13. The number of imide groups is 1. The Hall–Kier alpha value is -2.66. The third-order valence-electron chi connectivity index (χ3n) is 6.93. The highest BCUT2D eigenvalue weighted by molar-refractivity contribution is 6.30. The van der Waals surface area contributed by atoms with Crippen LogP contribution in [-0.4, -0.2) is 27.6 Å². The van der Waals surface area contributed by atoms with E-state index in [9.17, 15) is 9.59 Å². The Morgan fingerprint density at radius 3 is 2.23 bits per heavy atom. The minimum absolute atomic E-state index is 0.153. The maximum absolute atomic E-state index is 13.0. The van der Waals surface area contributed by atoms with Crippen molar-refractivity contribution in [3.63, 3.8) is 0 Å². The van der Waals surface area contributed by atoms with E-state index >= 15 is 0 Å². The average Bonchev–Trinajstić information content (AvgIpc) is 3.17. The largest absolute Gasteiger partial charge is 0.318 e. The summed E-state index contributed by atoms with van der Waals surface area (Å²) in [5.41, 5.74) is 5.03. The molecule has 0 radical (unpaired) electrons. The van der Waals surface area contributed by atoms with Crippen LogP contribution >= 0.6 is 11.6 Å². The number of carbonyl (C=O) groups is 2. The van der Waals surface area contributed by atoms with Crippen LogP contribution in [0, 0.1) is 44.4 Å². The lowest BCUT2D eigenvalue weighted by molar-refractivity contribution is -0.140. The van der Waals surface area contributed by atoms with Crippen LogP contribution in [0.15, 0.2) is 41.5 Å². The molecule has 2 amide bonds. The third kappa shape index (κ3) is 2.79. The molecule has 1 aromatic carbocycles. The smallest absolute Gasteiger partial charge is 0.254 e. The summed E-state index contributed by atoms with van der Waals surface area (Å²) in [5, 5.41) is 6.16. The van der Waals surface area contributed by atoms with Crippen molar-refractivity contribution in [2.45, 2.75) is 33.6 Å². The lowest BCUT2D eigenvalue weighted by Gasteiger charge is -2.37. The van der Waals surface area contributed by atoms with Gasteiger partial charge in [-0.3, -0.25) is 9.59 Å². The molecule has 6 rings (SSSR count). The first-order chi connectivity index (χ1) is 14.4. The number of hydrogen-bond acceptors (Lipinski definition) is 3. The highest BCUT2D eigenvalue weighted by atomic mass is 35.5. The molecule has 0 N–H and O–H groups in total. The van der Waals surface area contributed by atoms with Gasteiger partial charge in [0.2, 0.25) is 0 Å². The second kappa shape index (κ2) is 6.95. The van der Waals surface area contributed by atoms with E-state index in [4.69, 9.17) is 11.6 Å². The zero-order valence-corrected chi connectivity index (χ0v) is 18.1. The van der Waals surface area contributed by atoms with Gasteiger partial charge in [0.25, 0.3) is 11.8 Å². The molecule has 0 spiro atoms. The van der Waals surface area contributed by atoms with Gasteiger partial charge in [-0.25, -0.2) is 0 Å². The van der Waals surface area contributed by atoms with Crippen LogP contribution in [0.25, 0.3) is 5.69 Å². The van der Waals surface area contributed by atoms with Crippen LogP contribution < -0.4 is 0 Å². The second-order valence-electron chi connectivity index (χ2n) is 8.67. The predicted octanol–water partition coefficient (Wildman–Crippen LogP) is 4.59. The number of aromatic nitrogens is 1. The minimum atomic E-state index is -0.236. The van der Waals surface area contributed by atoms with Crippen LogP contribution in [0.2, 0.25) is 5.02 Å². The fourth-order valence-electron chi connectivity index (χ4n) is 5.40. The molecule has 3 aliphatic carbocycles. The van der Waals surface area contributed by atoms with Crippen molar-refractivity contribution >= 4 is 29.6 Å². The summed E-state index contributed by atoms with van der Waals surface area (Å²) in [6.07, 6.45) is 7.85. The number of hydrogen-bond donors (Lipinski definition) is 0. The molecule has 5 nitrogen and oxygen atoms in total. The van der Waals surface area contributed by atoms with Crippen molar-refractivity contribution in [3.05, 3.63) is 64.0 Å². The normalized spacial score (nSPS) is 27.5. The van der Waals surface area contributed by atoms with Crippen molar-refractivity contribution in [1.82, 2.24) is 9.58 Å². The molecule has 4 atom stereocenters. The van der Waals surface area contributed by atoms with E-state index in [1.165, 1.54) is 0 Å². The van der Waals surface area contributed by atoms with Crippen LogP contribution in [0.3, 0.4) is 0 Å². The summed E-state index contributed by atoms with van der Waals surface area (Å²) in [4.78, 5) is 25.9. The van der Waals surface area contributed by atoms with Gasteiger partial charge >= 0.3 is 0 Å². The Morgan fingerprint density at radius 2 is 1.63 bits per heavy atom. The van der Waals surface area contributed by atoms with E-state index in [0.29, 0.717) is 5.02 Å². The standard InChI is InChI=1S/C24H24ClN3O2/c1-13-4-9-19(25)11-20(13)27-14(2)10-18(15(27)3)12-26-28-23(29)21-16-5-6-17(8-7-16)22(21)24(28)30/h4-6,9-12,16-17,21-22H,7-8H2,1-3H3/b26-12-/t16-,17-,21-,22-/m0/s1. The number of amides is 2. The van der Waals surface area contributed by atoms with E-state index in [0.717, 1.165) is 46.1 Å². The molecule has 1 aromatic heterocycles. The Morgan fingerprint density at radius 1 is 1.00 bits per heavy atom. The van der Waals surface area contributed by atoms with Gasteiger partial charge in [0.1, 0.15) is 0 Å². The van der Waals surface area contributed by atoms with Gasteiger partial charge < -0.3 is 4.57 Å². The lowest BCUT2D eigenvalue weighted by Crippen LogP contribution is -2.38. The van der Waals surface area contributed by atoms with E-state index < -0.39 is 0 Å². The SMILES string of the molecule is Cc1ccc(Cl)cc1-n1c(C)cc(/C=N\N2C(=O)[C@@H]3[C@@H](C2=O)[C@H]2C=C[C@H]3CC2)c1C. The molecule has 2 bridgehead atoms. The average molecular weight is 422 g/mol. The van der Waals surface area contributed by atoms with Gasteiger partial charge in [0, 0.05) is 27.7 Å². The van der Waals surface area contributed by atoms with Crippen LogP contribution in [0.1, 0.15) is 35.4 Å². The minimum Gasteiger partial charge on any atom is -0.318 e. The van der Waals surface area contributed by atoms with Crippen molar-refractivity contribution in [2.24, 2.45) is 28.8 Å². The summed E-state index contributed by atoms with van der Waals surface area (Å²) >= 11 is 6.22. The highest BCUT2D eigenvalue weighted by Gasteiger charge is 2.56. The molecular formula is C24H24ClN3O2. The first kappa shape index (κ1) is 19.3. The fraction of sp³-hybridized carbons (Fsp3) is 0.375. The molecule has 6 heteroatoms. The monoisotopic (exact) mass is 421 g/mol. The topological polar surface area (TPSA) is 54.7 Å². The number of carbonyl (C=O) groups excluding carboxylic acids is 2. The maximum Gasteiger partial charge on any atom is 0.254 e. The van der Waals surface area contributed by atoms with Gasteiger partial charge in [-0.15, -0.1) is 0 Å². The summed E-state index contributed by atoms with van der Waals surface area (Å²) in [6.45, 7) is 6.07. The number of benzene rings is 1. The number of rotatable bonds is 3. The molecular weight excluding hydrogens is 398 g/mol. The molecule has 2 heterocycles. The van der Waals surface area contributed by atoms with Gasteiger partial charge in [-0.1, -0.05) is 29.8 Å². The molecule has 2 fully saturated rings. The number of aryl methyl sites for hydroxylation is 2. The number of nitrogens with zero attached hydrogens (tertiary/aromatic N) is 3.